The summed E-state index contributed by atoms with van der Waals surface area (Å²) in [7, 11) is 0. The van der Waals surface area contributed by atoms with Crippen LogP contribution in [0.1, 0.15) is 6.42 Å². The lowest BCUT2D eigenvalue weighted by Gasteiger charge is -2.36. The van der Waals surface area contributed by atoms with Crippen LogP contribution in [0.3, 0.4) is 0 Å². The number of nitrogens with zero attached hydrogens (tertiary/aromatic N) is 4. The second kappa shape index (κ2) is 8.31. The molecule has 1 atom stereocenters. The average Bonchev–Trinajstić information content (AvgIpc) is 3.15. The Labute approximate surface area is 178 Å². The SMILES string of the molecule is O=C(C1CC(=O)N(c2ccccc2Cl)C1)N1CCN(c2ccccc2[N+](=O)[O-])CC1. The van der Waals surface area contributed by atoms with E-state index in [2.05, 4.69) is 0 Å². The highest BCUT2D eigenvalue weighted by atomic mass is 35.5. The number of piperazine rings is 1. The molecule has 2 heterocycles. The number of halogens is 1. The van der Waals surface area contributed by atoms with E-state index in [1.165, 1.54) is 6.07 Å². The van der Waals surface area contributed by atoms with E-state index in [1.54, 1.807) is 46.2 Å². The third kappa shape index (κ3) is 3.82. The van der Waals surface area contributed by atoms with Crippen LogP contribution < -0.4 is 9.80 Å². The number of para-hydroxylation sites is 3. The largest absolute Gasteiger partial charge is 0.362 e. The zero-order chi connectivity index (χ0) is 21.3. The van der Waals surface area contributed by atoms with Crippen LogP contribution in [-0.4, -0.2) is 54.4 Å². The minimum atomic E-state index is -0.411. The molecule has 156 valence electrons. The van der Waals surface area contributed by atoms with Crippen molar-refractivity contribution in [3.05, 3.63) is 63.7 Å². The smallest absolute Gasteiger partial charge is 0.292 e. The van der Waals surface area contributed by atoms with Crippen LogP contribution in [0.25, 0.3) is 0 Å². The number of rotatable bonds is 4. The molecule has 0 spiro atoms. The number of amides is 2. The lowest BCUT2D eigenvalue weighted by molar-refractivity contribution is -0.384. The number of hydrogen-bond acceptors (Lipinski definition) is 5. The Morgan fingerprint density at radius 1 is 1.00 bits per heavy atom. The molecule has 4 rings (SSSR count). The summed E-state index contributed by atoms with van der Waals surface area (Å²) in [4.78, 5) is 41.6. The van der Waals surface area contributed by atoms with Gasteiger partial charge in [0, 0.05) is 45.2 Å². The van der Waals surface area contributed by atoms with Gasteiger partial charge in [0.2, 0.25) is 11.8 Å². The van der Waals surface area contributed by atoms with Crippen molar-refractivity contribution >= 4 is 40.5 Å². The Morgan fingerprint density at radius 2 is 1.63 bits per heavy atom. The molecule has 1 unspecified atom stereocenters. The van der Waals surface area contributed by atoms with Gasteiger partial charge < -0.3 is 14.7 Å². The zero-order valence-electron chi connectivity index (χ0n) is 16.2. The first-order chi connectivity index (χ1) is 14.5. The Morgan fingerprint density at radius 3 is 2.30 bits per heavy atom. The molecular formula is C21H21ClN4O4. The molecule has 0 aliphatic carbocycles. The molecule has 2 aromatic carbocycles. The van der Waals surface area contributed by atoms with Gasteiger partial charge in [0.25, 0.3) is 5.69 Å². The lowest BCUT2D eigenvalue weighted by Crippen LogP contribution is -2.50. The van der Waals surface area contributed by atoms with Gasteiger partial charge in [-0.05, 0) is 18.2 Å². The fourth-order valence-electron chi connectivity index (χ4n) is 4.09. The predicted molar refractivity (Wildman–Crippen MR) is 114 cm³/mol. The molecule has 0 bridgehead atoms. The molecular weight excluding hydrogens is 408 g/mol. The first kappa shape index (κ1) is 20.2. The second-order valence-corrected chi connectivity index (χ2v) is 7.82. The van der Waals surface area contributed by atoms with E-state index in [-0.39, 0.29) is 28.8 Å². The van der Waals surface area contributed by atoms with Gasteiger partial charge in [-0.3, -0.25) is 19.7 Å². The third-order valence-corrected chi connectivity index (χ3v) is 5.95. The van der Waals surface area contributed by atoms with Gasteiger partial charge in [-0.15, -0.1) is 0 Å². The van der Waals surface area contributed by atoms with E-state index in [0.29, 0.717) is 49.1 Å². The lowest BCUT2D eigenvalue weighted by atomic mass is 10.1. The summed E-state index contributed by atoms with van der Waals surface area (Å²) in [5, 5.41) is 11.8. The highest BCUT2D eigenvalue weighted by Crippen LogP contribution is 2.32. The van der Waals surface area contributed by atoms with Crippen molar-refractivity contribution in [3.8, 4) is 0 Å². The molecule has 2 aromatic rings. The number of carbonyl (C=O) groups is 2. The van der Waals surface area contributed by atoms with Gasteiger partial charge in [0.1, 0.15) is 5.69 Å². The fraction of sp³-hybridized carbons (Fsp3) is 0.333. The normalized spacial score (nSPS) is 19.3. The minimum absolute atomic E-state index is 0.0554. The maximum absolute atomic E-state index is 13.0. The van der Waals surface area contributed by atoms with Crippen LogP contribution >= 0.6 is 11.6 Å². The summed E-state index contributed by atoms with van der Waals surface area (Å²) >= 11 is 6.21. The Kier molecular flexibility index (Phi) is 5.59. The maximum Gasteiger partial charge on any atom is 0.292 e. The molecule has 0 radical (unpaired) electrons. The Bertz CT molecular complexity index is 990. The molecule has 2 aliphatic rings. The molecule has 8 nitrogen and oxygen atoms in total. The molecule has 9 heteroatoms. The fourth-order valence-corrected chi connectivity index (χ4v) is 4.33. The summed E-state index contributed by atoms with van der Waals surface area (Å²) in [6, 6.07) is 13.7. The van der Waals surface area contributed by atoms with E-state index >= 15 is 0 Å². The number of nitro groups is 1. The standard InChI is InChI=1S/C21H21ClN4O4/c22-16-5-1-2-6-17(16)25-14-15(13-20(25)27)21(28)24-11-9-23(10-12-24)18-7-3-4-8-19(18)26(29)30/h1-8,15H,9-14H2. The Hall–Kier alpha value is -3.13. The minimum Gasteiger partial charge on any atom is -0.362 e. The number of benzene rings is 2. The maximum atomic E-state index is 13.0. The second-order valence-electron chi connectivity index (χ2n) is 7.41. The first-order valence-corrected chi connectivity index (χ1v) is 10.2. The molecule has 0 N–H and O–H groups in total. The van der Waals surface area contributed by atoms with Gasteiger partial charge in [-0.1, -0.05) is 35.9 Å². The van der Waals surface area contributed by atoms with Gasteiger partial charge >= 0.3 is 0 Å². The van der Waals surface area contributed by atoms with Crippen LogP contribution in [0.2, 0.25) is 5.02 Å². The topological polar surface area (TPSA) is 87.0 Å². The van der Waals surface area contributed by atoms with Gasteiger partial charge in [0.15, 0.2) is 0 Å². The highest BCUT2D eigenvalue weighted by molar-refractivity contribution is 6.33. The van der Waals surface area contributed by atoms with Crippen molar-refractivity contribution < 1.29 is 14.5 Å². The number of nitro benzene ring substituents is 1. The van der Waals surface area contributed by atoms with E-state index < -0.39 is 5.92 Å². The molecule has 2 aliphatic heterocycles. The number of hydrogen-bond donors (Lipinski definition) is 0. The van der Waals surface area contributed by atoms with Crippen molar-refractivity contribution in [2.75, 3.05) is 42.5 Å². The van der Waals surface area contributed by atoms with Crippen LogP contribution in [0, 0.1) is 16.0 Å². The predicted octanol–water partition coefficient (Wildman–Crippen LogP) is 2.95. The Balaban J connectivity index is 1.40. The highest BCUT2D eigenvalue weighted by Gasteiger charge is 2.38. The van der Waals surface area contributed by atoms with Crippen LogP contribution in [0.15, 0.2) is 48.5 Å². The van der Waals surface area contributed by atoms with E-state index in [9.17, 15) is 19.7 Å². The van der Waals surface area contributed by atoms with E-state index in [0.717, 1.165) is 0 Å². The summed E-state index contributed by atoms with van der Waals surface area (Å²) in [5.41, 5.74) is 1.25. The number of carbonyl (C=O) groups excluding carboxylic acids is 2. The molecule has 2 saturated heterocycles. The first-order valence-electron chi connectivity index (χ1n) is 9.77. The van der Waals surface area contributed by atoms with Gasteiger partial charge in [0.05, 0.1) is 21.6 Å². The quantitative estimate of drug-likeness (QED) is 0.552. The zero-order valence-corrected chi connectivity index (χ0v) is 17.0. The molecule has 2 amide bonds. The summed E-state index contributed by atoms with van der Waals surface area (Å²) in [6.07, 6.45) is 0.161. The molecule has 2 fully saturated rings. The number of anilines is 2. The van der Waals surface area contributed by atoms with Crippen molar-refractivity contribution in [1.82, 2.24) is 4.90 Å². The van der Waals surface area contributed by atoms with E-state index in [1.807, 2.05) is 11.0 Å². The van der Waals surface area contributed by atoms with Crippen molar-refractivity contribution in [3.63, 3.8) is 0 Å². The van der Waals surface area contributed by atoms with Crippen molar-refractivity contribution in [2.45, 2.75) is 6.42 Å². The molecule has 30 heavy (non-hydrogen) atoms. The monoisotopic (exact) mass is 428 g/mol. The summed E-state index contributed by atoms with van der Waals surface area (Å²) in [6.45, 7) is 2.24. The van der Waals surface area contributed by atoms with Crippen molar-refractivity contribution in [2.24, 2.45) is 5.92 Å². The average molecular weight is 429 g/mol. The van der Waals surface area contributed by atoms with E-state index in [4.69, 9.17) is 11.6 Å². The van der Waals surface area contributed by atoms with Gasteiger partial charge in [-0.2, -0.15) is 0 Å². The van der Waals surface area contributed by atoms with Gasteiger partial charge in [-0.25, -0.2) is 0 Å². The van der Waals surface area contributed by atoms with Crippen LogP contribution in [0.5, 0.6) is 0 Å². The third-order valence-electron chi connectivity index (χ3n) is 5.63. The summed E-state index contributed by atoms with van der Waals surface area (Å²) in [5.74, 6) is -0.577. The molecule has 0 saturated carbocycles. The van der Waals surface area contributed by atoms with Crippen LogP contribution in [0.4, 0.5) is 17.1 Å². The molecule has 0 aromatic heterocycles. The summed E-state index contributed by atoms with van der Waals surface area (Å²) < 4.78 is 0. The van der Waals surface area contributed by atoms with Crippen molar-refractivity contribution in [1.29, 1.82) is 0 Å². The van der Waals surface area contributed by atoms with Crippen LogP contribution in [-0.2, 0) is 9.59 Å².